The van der Waals surface area contributed by atoms with Crippen LogP contribution in [-0.2, 0) is 19.1 Å². The quantitative estimate of drug-likeness (QED) is 0.465. The predicted molar refractivity (Wildman–Crippen MR) is 116 cm³/mol. The fourth-order valence-electron chi connectivity index (χ4n) is 7.87. The number of rotatable bonds is 3. The van der Waals surface area contributed by atoms with E-state index in [4.69, 9.17) is 9.47 Å². The van der Waals surface area contributed by atoms with Crippen LogP contribution in [0.4, 0.5) is 0 Å². The number of aliphatic hydroxyl groups is 3. The van der Waals surface area contributed by atoms with E-state index in [1.165, 1.54) is 5.57 Å². The Morgan fingerprint density at radius 2 is 1.73 bits per heavy atom. The summed E-state index contributed by atoms with van der Waals surface area (Å²) in [4.78, 5) is 24.0. The predicted octanol–water partition coefficient (Wildman–Crippen LogP) is 1.80. The maximum absolute atomic E-state index is 12.6. The molecule has 11 atom stereocenters. The zero-order valence-corrected chi connectivity index (χ0v) is 19.4. The van der Waals surface area contributed by atoms with Crippen molar-refractivity contribution >= 4 is 11.8 Å². The number of fused-ring (bicyclic) bond motifs is 5. The van der Waals surface area contributed by atoms with Gasteiger partial charge in [0.15, 0.2) is 12.4 Å². The average Bonchev–Trinajstić information content (AvgIpc) is 3.08. The van der Waals surface area contributed by atoms with Gasteiger partial charge in [0.05, 0.1) is 6.10 Å². The number of carbonyl (C=O) groups excluding carboxylic acids is 1. The number of ether oxygens (including phenoxy) is 2. The van der Waals surface area contributed by atoms with Gasteiger partial charge >= 0.3 is 5.97 Å². The lowest BCUT2D eigenvalue weighted by Gasteiger charge is -2.57. The third-order valence-electron chi connectivity index (χ3n) is 9.91. The van der Waals surface area contributed by atoms with Gasteiger partial charge in [0.25, 0.3) is 0 Å². The first-order chi connectivity index (χ1) is 15.6. The minimum absolute atomic E-state index is 0.0566. The highest BCUT2D eigenvalue weighted by Gasteiger charge is 2.59. The van der Waals surface area contributed by atoms with E-state index in [1.807, 2.05) is 0 Å². The molecule has 1 heterocycles. The number of hydrogen-bond acceptors (Lipinski definition) is 7. The van der Waals surface area contributed by atoms with Gasteiger partial charge in [-0.3, -0.25) is 4.79 Å². The van der Waals surface area contributed by atoms with Crippen LogP contribution in [0.15, 0.2) is 11.6 Å². The van der Waals surface area contributed by atoms with Gasteiger partial charge in [-0.25, -0.2) is 4.79 Å². The van der Waals surface area contributed by atoms with Crippen LogP contribution in [0.25, 0.3) is 0 Å². The number of aliphatic carboxylic acids is 1. The summed E-state index contributed by atoms with van der Waals surface area (Å²) in [6, 6.07) is 0. The summed E-state index contributed by atoms with van der Waals surface area (Å²) in [6.07, 6.45) is 1.28. The largest absolute Gasteiger partial charge is 0.479 e. The highest BCUT2D eigenvalue weighted by Crippen LogP contribution is 2.64. The third kappa shape index (κ3) is 3.52. The zero-order valence-electron chi connectivity index (χ0n) is 19.4. The average molecular weight is 465 g/mol. The molecule has 0 amide bonds. The zero-order chi connectivity index (χ0) is 23.7. The fourth-order valence-corrected chi connectivity index (χ4v) is 7.87. The topological polar surface area (TPSA) is 134 Å². The van der Waals surface area contributed by atoms with Crippen LogP contribution < -0.4 is 0 Å². The van der Waals surface area contributed by atoms with E-state index in [2.05, 4.69) is 19.9 Å². The van der Waals surface area contributed by atoms with Crippen LogP contribution in [0, 0.1) is 28.6 Å². The molecule has 4 fully saturated rings. The smallest absolute Gasteiger partial charge is 0.335 e. The molecule has 0 aromatic carbocycles. The van der Waals surface area contributed by atoms with Crippen LogP contribution in [0.2, 0.25) is 0 Å². The second-order valence-corrected chi connectivity index (χ2v) is 11.4. The highest BCUT2D eigenvalue weighted by molar-refractivity contribution is 5.87. The Hall–Kier alpha value is -1.32. The molecule has 5 rings (SSSR count). The van der Waals surface area contributed by atoms with E-state index in [1.54, 1.807) is 0 Å². The summed E-state index contributed by atoms with van der Waals surface area (Å²) < 4.78 is 11.3. The van der Waals surface area contributed by atoms with E-state index >= 15 is 0 Å². The van der Waals surface area contributed by atoms with Crippen LogP contribution in [0.5, 0.6) is 0 Å². The van der Waals surface area contributed by atoms with E-state index in [-0.39, 0.29) is 16.9 Å². The third-order valence-corrected chi connectivity index (χ3v) is 9.91. The SMILES string of the molecule is C[C@]12CC[C@H](O[C@@H]3O[C@H](C(=O)O)[C@@H](O)[C@H](O)[C@H]3O)CC1=CC[C@@H]1[C@H]2CC[C@]2(C)C(=O)CC[C@@H]12. The summed E-state index contributed by atoms with van der Waals surface area (Å²) in [5.41, 5.74) is 1.25. The number of carboxylic acids is 1. The molecule has 1 aliphatic heterocycles. The van der Waals surface area contributed by atoms with Gasteiger partial charge in [-0.15, -0.1) is 0 Å². The molecule has 33 heavy (non-hydrogen) atoms. The molecule has 0 unspecified atom stereocenters. The molecule has 5 aliphatic rings. The number of carbonyl (C=O) groups is 2. The van der Waals surface area contributed by atoms with Gasteiger partial charge in [-0.2, -0.15) is 0 Å². The van der Waals surface area contributed by atoms with Gasteiger partial charge in [-0.1, -0.05) is 25.5 Å². The molecule has 0 aromatic heterocycles. The van der Waals surface area contributed by atoms with Crippen molar-refractivity contribution in [1.82, 2.24) is 0 Å². The van der Waals surface area contributed by atoms with Crippen LogP contribution in [0.1, 0.15) is 65.2 Å². The standard InChI is InChI=1S/C25H36O8/c1-24-9-7-13(32-23-20(29)18(27)19(28)21(33-23)22(30)31)11-12(24)3-4-14-15-5-6-17(26)25(15,2)10-8-16(14)24/h3,13-16,18-21,23,27-29H,4-11H2,1-2H3,(H,30,31)/t13-,14-,15-,16+,18-,19-,20+,21-,23+,24-,25-/m0/s1. The Morgan fingerprint density at radius 1 is 1.03 bits per heavy atom. The summed E-state index contributed by atoms with van der Waals surface area (Å²) in [5.74, 6) is 0.596. The summed E-state index contributed by atoms with van der Waals surface area (Å²) in [7, 11) is 0. The number of ketones is 1. The van der Waals surface area contributed by atoms with Crippen molar-refractivity contribution in [2.45, 2.75) is 102 Å². The summed E-state index contributed by atoms with van der Waals surface area (Å²) in [6.45, 7) is 4.53. The van der Waals surface area contributed by atoms with E-state index in [9.17, 15) is 30.0 Å². The first kappa shape index (κ1) is 23.4. The lowest BCUT2D eigenvalue weighted by molar-refractivity contribution is -0.306. The Labute approximate surface area is 194 Å². The van der Waals surface area contributed by atoms with Crippen molar-refractivity contribution in [3.8, 4) is 0 Å². The monoisotopic (exact) mass is 464 g/mol. The molecule has 0 bridgehead atoms. The van der Waals surface area contributed by atoms with Gasteiger partial charge in [0.1, 0.15) is 24.1 Å². The van der Waals surface area contributed by atoms with Crippen molar-refractivity contribution < 1.29 is 39.5 Å². The molecule has 0 radical (unpaired) electrons. The van der Waals surface area contributed by atoms with Crippen LogP contribution >= 0.6 is 0 Å². The molecule has 4 aliphatic carbocycles. The Morgan fingerprint density at radius 3 is 2.45 bits per heavy atom. The summed E-state index contributed by atoms with van der Waals surface area (Å²) >= 11 is 0. The number of carboxylic acid groups (broad SMARTS) is 1. The van der Waals surface area contributed by atoms with E-state index in [0.29, 0.717) is 30.0 Å². The summed E-state index contributed by atoms with van der Waals surface area (Å²) in [5, 5.41) is 39.6. The molecular formula is C25H36O8. The molecule has 1 saturated heterocycles. The van der Waals surface area contributed by atoms with Gasteiger partial charge in [0, 0.05) is 11.8 Å². The van der Waals surface area contributed by atoms with Crippen molar-refractivity contribution in [3.63, 3.8) is 0 Å². The van der Waals surface area contributed by atoms with Crippen molar-refractivity contribution in [2.75, 3.05) is 0 Å². The lowest BCUT2D eigenvalue weighted by atomic mass is 9.48. The maximum atomic E-state index is 12.6. The molecule has 184 valence electrons. The van der Waals surface area contributed by atoms with Gasteiger partial charge in [-0.05, 0) is 68.1 Å². The molecule has 8 nitrogen and oxygen atoms in total. The molecule has 3 saturated carbocycles. The van der Waals surface area contributed by atoms with Crippen LogP contribution in [-0.4, -0.2) is 69.0 Å². The number of hydrogen-bond donors (Lipinski definition) is 4. The van der Waals surface area contributed by atoms with E-state index in [0.717, 1.165) is 44.9 Å². The van der Waals surface area contributed by atoms with Crippen molar-refractivity contribution in [2.24, 2.45) is 28.6 Å². The highest BCUT2D eigenvalue weighted by atomic mass is 16.7. The minimum Gasteiger partial charge on any atom is -0.479 e. The van der Waals surface area contributed by atoms with Crippen molar-refractivity contribution in [3.05, 3.63) is 11.6 Å². The number of allylic oxidation sites excluding steroid dienone is 1. The number of aliphatic hydroxyl groups excluding tert-OH is 3. The second-order valence-electron chi connectivity index (χ2n) is 11.4. The first-order valence-electron chi connectivity index (χ1n) is 12.4. The minimum atomic E-state index is -1.72. The first-order valence-corrected chi connectivity index (χ1v) is 12.4. The second kappa shape index (κ2) is 8.12. The normalized spacial score (nSPS) is 51.8. The lowest BCUT2D eigenvalue weighted by Crippen LogP contribution is -2.61. The molecule has 4 N–H and O–H groups in total. The molecule has 0 aromatic rings. The maximum Gasteiger partial charge on any atom is 0.335 e. The van der Waals surface area contributed by atoms with Gasteiger partial charge in [0.2, 0.25) is 0 Å². The van der Waals surface area contributed by atoms with E-state index < -0.39 is 36.7 Å². The Kier molecular flexibility index (Phi) is 5.77. The molecule has 8 heteroatoms. The molecular weight excluding hydrogens is 428 g/mol. The number of Topliss-reactive ketones (excluding diaryl/α,β-unsaturated/α-hetero) is 1. The fraction of sp³-hybridized carbons (Fsp3) is 0.840. The Bertz CT molecular complexity index is 855. The van der Waals surface area contributed by atoms with Crippen LogP contribution in [0.3, 0.4) is 0 Å². The van der Waals surface area contributed by atoms with Crippen molar-refractivity contribution in [1.29, 1.82) is 0 Å². The molecule has 0 spiro atoms. The van der Waals surface area contributed by atoms with Gasteiger partial charge < -0.3 is 29.9 Å². The Balaban J connectivity index is 1.30.